The maximum absolute atomic E-state index is 2.30. The zero-order valence-electron chi connectivity index (χ0n) is 11.0. The van der Waals surface area contributed by atoms with E-state index < -0.39 is 0 Å². The molecule has 0 amide bonds. The number of hydrogen-bond donors (Lipinski definition) is 0. The molecular weight excluding hydrogens is 228 g/mol. The molecule has 3 aliphatic carbocycles. The molecule has 4 rings (SSSR count). The van der Waals surface area contributed by atoms with Crippen molar-refractivity contribution >= 4 is 12.2 Å². The van der Waals surface area contributed by atoms with E-state index in [4.69, 9.17) is 0 Å². The first-order valence-electron chi connectivity index (χ1n) is 6.93. The van der Waals surface area contributed by atoms with Gasteiger partial charge in [0.1, 0.15) is 0 Å². The van der Waals surface area contributed by atoms with Crippen molar-refractivity contribution in [1.82, 2.24) is 0 Å². The molecule has 0 heterocycles. The fraction of sp³-hybridized carbons (Fsp3) is 0.158. The smallest absolute Gasteiger partial charge is 0.0151 e. The predicted molar refractivity (Wildman–Crippen MR) is 82.9 cm³/mol. The molecule has 1 aromatic rings. The Hall–Kier alpha value is -2.08. The van der Waals surface area contributed by atoms with Crippen LogP contribution in [0.15, 0.2) is 71.9 Å². The molecule has 1 aromatic carbocycles. The van der Waals surface area contributed by atoms with Crippen LogP contribution in [0.1, 0.15) is 19.3 Å². The average molecular weight is 246 g/mol. The lowest BCUT2D eigenvalue weighted by molar-refractivity contribution is 1.06. The standard InChI is InChI=1S/C10H10.C9H8/c1-2-5-9-7-4-8-10(9)6-3-1;1-2-5-9-7-3-6-8(9)4-1/h1-3,5-7H,4,8H2;1-2,4-7H,3H2. The zero-order valence-corrected chi connectivity index (χ0v) is 11.0. The molecular formula is C19H18. The van der Waals surface area contributed by atoms with Crippen molar-refractivity contribution in [3.05, 3.63) is 82.3 Å². The van der Waals surface area contributed by atoms with Gasteiger partial charge in [0.25, 0.3) is 0 Å². The summed E-state index contributed by atoms with van der Waals surface area (Å²) in [6, 6.07) is 8.46. The number of fused-ring (bicyclic) bond motifs is 2. The molecule has 0 bridgehead atoms. The summed E-state index contributed by atoms with van der Waals surface area (Å²) in [6.45, 7) is 0. The lowest BCUT2D eigenvalue weighted by atomic mass is 10.1. The van der Waals surface area contributed by atoms with E-state index in [1.807, 2.05) is 0 Å². The van der Waals surface area contributed by atoms with Gasteiger partial charge in [-0.1, -0.05) is 72.9 Å². The topological polar surface area (TPSA) is 0 Å². The van der Waals surface area contributed by atoms with Gasteiger partial charge < -0.3 is 0 Å². The van der Waals surface area contributed by atoms with Crippen LogP contribution in [0.5, 0.6) is 0 Å². The van der Waals surface area contributed by atoms with Crippen LogP contribution in [0.3, 0.4) is 0 Å². The number of benzene rings is 1. The van der Waals surface area contributed by atoms with Gasteiger partial charge in [-0.15, -0.1) is 0 Å². The molecule has 94 valence electrons. The van der Waals surface area contributed by atoms with Crippen molar-refractivity contribution in [1.29, 1.82) is 0 Å². The van der Waals surface area contributed by atoms with Crippen LogP contribution in [0.25, 0.3) is 12.2 Å². The van der Waals surface area contributed by atoms with E-state index in [-0.39, 0.29) is 0 Å². The molecule has 0 saturated carbocycles. The Morgan fingerprint density at radius 1 is 0.789 bits per heavy atom. The van der Waals surface area contributed by atoms with E-state index in [2.05, 4.69) is 72.9 Å². The van der Waals surface area contributed by atoms with Crippen molar-refractivity contribution in [2.75, 3.05) is 0 Å². The Balaban J connectivity index is 0.000000117. The van der Waals surface area contributed by atoms with Crippen LogP contribution in [-0.2, 0) is 0 Å². The first-order chi connectivity index (χ1) is 9.43. The van der Waals surface area contributed by atoms with E-state index in [9.17, 15) is 0 Å². The lowest BCUT2D eigenvalue weighted by Crippen LogP contribution is -2.19. The molecule has 0 aromatic heterocycles. The molecule has 0 heteroatoms. The monoisotopic (exact) mass is 246 g/mol. The van der Waals surface area contributed by atoms with Crippen LogP contribution >= 0.6 is 0 Å². The molecule has 0 aliphatic heterocycles. The highest BCUT2D eigenvalue weighted by Gasteiger charge is 2.07. The molecule has 19 heavy (non-hydrogen) atoms. The second-order valence-corrected chi connectivity index (χ2v) is 4.91. The molecule has 3 aliphatic rings. The Kier molecular flexibility index (Phi) is 3.60. The van der Waals surface area contributed by atoms with Crippen LogP contribution in [-0.4, -0.2) is 0 Å². The quantitative estimate of drug-likeness (QED) is 0.658. The van der Waals surface area contributed by atoms with E-state index in [1.165, 1.54) is 34.4 Å². The lowest BCUT2D eigenvalue weighted by Gasteiger charge is -1.94. The highest BCUT2D eigenvalue weighted by Crippen LogP contribution is 2.26. The molecule has 0 spiro atoms. The van der Waals surface area contributed by atoms with Crippen LogP contribution < -0.4 is 10.4 Å². The minimum Gasteiger partial charge on any atom is -0.0767 e. The Bertz CT molecular complexity index is 661. The summed E-state index contributed by atoms with van der Waals surface area (Å²) in [4.78, 5) is 0. The minimum atomic E-state index is 1.11. The van der Waals surface area contributed by atoms with Gasteiger partial charge in [-0.2, -0.15) is 0 Å². The molecule has 0 N–H and O–H groups in total. The van der Waals surface area contributed by atoms with Crippen molar-refractivity contribution in [3.63, 3.8) is 0 Å². The van der Waals surface area contributed by atoms with E-state index >= 15 is 0 Å². The summed E-state index contributed by atoms with van der Waals surface area (Å²) in [5.74, 6) is 0. The summed E-state index contributed by atoms with van der Waals surface area (Å²) in [6.07, 6.45) is 21.0. The molecule has 0 nitrogen and oxygen atoms in total. The van der Waals surface area contributed by atoms with Gasteiger partial charge in [0, 0.05) is 0 Å². The van der Waals surface area contributed by atoms with Gasteiger partial charge in [0.05, 0.1) is 0 Å². The van der Waals surface area contributed by atoms with Crippen LogP contribution in [0.2, 0.25) is 0 Å². The molecule has 0 atom stereocenters. The van der Waals surface area contributed by atoms with Gasteiger partial charge in [-0.25, -0.2) is 0 Å². The fourth-order valence-electron chi connectivity index (χ4n) is 2.60. The summed E-state index contributed by atoms with van der Waals surface area (Å²) in [7, 11) is 0. The van der Waals surface area contributed by atoms with Crippen molar-refractivity contribution in [3.8, 4) is 0 Å². The molecule has 0 radical (unpaired) electrons. The third-order valence-electron chi connectivity index (χ3n) is 3.62. The third kappa shape index (κ3) is 2.85. The van der Waals surface area contributed by atoms with Gasteiger partial charge in [-0.05, 0) is 40.8 Å². The number of rotatable bonds is 0. The highest BCUT2D eigenvalue weighted by molar-refractivity contribution is 5.48. The number of allylic oxidation sites excluding steroid dienone is 8. The second-order valence-electron chi connectivity index (χ2n) is 4.91. The van der Waals surface area contributed by atoms with Crippen molar-refractivity contribution in [2.24, 2.45) is 0 Å². The molecule has 0 unspecified atom stereocenters. The van der Waals surface area contributed by atoms with E-state index in [1.54, 1.807) is 0 Å². The van der Waals surface area contributed by atoms with E-state index in [0.29, 0.717) is 0 Å². The predicted octanol–water partition coefficient (Wildman–Crippen LogP) is 3.41. The van der Waals surface area contributed by atoms with Gasteiger partial charge in [0.15, 0.2) is 0 Å². The molecule has 0 fully saturated rings. The summed E-state index contributed by atoms with van der Waals surface area (Å²) in [5.41, 5.74) is 2.91. The average Bonchev–Trinajstić information content (AvgIpc) is 3.04. The van der Waals surface area contributed by atoms with E-state index in [0.717, 1.165) is 6.42 Å². The summed E-state index contributed by atoms with van der Waals surface area (Å²) < 4.78 is 0. The minimum absolute atomic E-state index is 1.11. The Labute approximate surface area is 114 Å². The first-order valence-corrected chi connectivity index (χ1v) is 6.93. The van der Waals surface area contributed by atoms with Crippen molar-refractivity contribution < 1.29 is 0 Å². The third-order valence-corrected chi connectivity index (χ3v) is 3.62. The first kappa shape index (κ1) is 12.0. The maximum Gasteiger partial charge on any atom is -0.0151 e. The summed E-state index contributed by atoms with van der Waals surface area (Å²) >= 11 is 0. The Morgan fingerprint density at radius 2 is 1.58 bits per heavy atom. The van der Waals surface area contributed by atoms with Crippen LogP contribution in [0.4, 0.5) is 0 Å². The molecule has 0 saturated heterocycles. The Morgan fingerprint density at radius 3 is 2.37 bits per heavy atom. The van der Waals surface area contributed by atoms with Crippen LogP contribution in [0, 0.1) is 0 Å². The summed E-state index contributed by atoms with van der Waals surface area (Å²) in [5, 5.41) is 2.77. The normalized spacial score (nSPS) is 17.9. The second kappa shape index (κ2) is 5.71. The highest BCUT2D eigenvalue weighted by atomic mass is 14.1. The van der Waals surface area contributed by atoms with Gasteiger partial charge >= 0.3 is 0 Å². The SMILES string of the molecule is C1=CC=C2CCC=C2C=C1.C1=c2ccccc2=CC1. The van der Waals surface area contributed by atoms with Crippen molar-refractivity contribution in [2.45, 2.75) is 19.3 Å². The number of hydrogen-bond acceptors (Lipinski definition) is 0. The fourth-order valence-corrected chi connectivity index (χ4v) is 2.60. The zero-order chi connectivity index (χ0) is 12.9. The van der Waals surface area contributed by atoms with Gasteiger partial charge in [0.2, 0.25) is 0 Å². The maximum atomic E-state index is 2.30. The largest absolute Gasteiger partial charge is 0.0767 e. The van der Waals surface area contributed by atoms with Gasteiger partial charge in [-0.3, -0.25) is 0 Å².